The molecule has 1 aromatic carbocycles. The SMILES string of the molecule is N[C@@H]1C=CC=CN(S(=O)(=O)c2ccc(Br)cc2)C1=O. The molecule has 0 radical (unpaired) electrons. The second-order valence-corrected chi connectivity index (χ2v) is 6.58. The predicted molar refractivity (Wildman–Crippen MR) is 74.4 cm³/mol. The molecule has 19 heavy (non-hydrogen) atoms. The van der Waals surface area contributed by atoms with Gasteiger partial charge in [-0.05, 0) is 30.3 Å². The van der Waals surface area contributed by atoms with Crippen molar-refractivity contribution in [2.24, 2.45) is 5.73 Å². The Labute approximate surface area is 119 Å². The fraction of sp³-hybridized carbons (Fsp3) is 0.0833. The number of carbonyl (C=O) groups is 1. The molecule has 1 aliphatic heterocycles. The molecule has 0 unspecified atom stereocenters. The van der Waals surface area contributed by atoms with Crippen molar-refractivity contribution in [1.29, 1.82) is 0 Å². The second-order valence-electron chi connectivity index (χ2n) is 3.85. The Morgan fingerprint density at radius 3 is 2.42 bits per heavy atom. The molecule has 2 rings (SSSR count). The van der Waals surface area contributed by atoms with Gasteiger partial charge < -0.3 is 5.73 Å². The van der Waals surface area contributed by atoms with Gasteiger partial charge in [0, 0.05) is 10.7 Å². The summed E-state index contributed by atoms with van der Waals surface area (Å²) in [5.74, 6) is -0.687. The first kappa shape index (κ1) is 14.0. The molecule has 1 aliphatic rings. The van der Waals surface area contributed by atoms with E-state index in [0.717, 1.165) is 4.47 Å². The van der Waals surface area contributed by atoms with E-state index in [2.05, 4.69) is 15.9 Å². The Morgan fingerprint density at radius 2 is 1.79 bits per heavy atom. The first-order valence-corrected chi connectivity index (χ1v) is 7.60. The quantitative estimate of drug-likeness (QED) is 0.880. The molecule has 0 aliphatic carbocycles. The van der Waals surface area contributed by atoms with Gasteiger partial charge in [-0.1, -0.05) is 28.1 Å². The molecule has 0 bridgehead atoms. The third-order valence-electron chi connectivity index (χ3n) is 2.52. The molecule has 1 atom stereocenters. The molecule has 0 saturated heterocycles. The van der Waals surface area contributed by atoms with Gasteiger partial charge in [-0.25, -0.2) is 12.7 Å². The smallest absolute Gasteiger partial charge is 0.270 e. The van der Waals surface area contributed by atoms with Crippen molar-refractivity contribution in [2.75, 3.05) is 0 Å². The fourth-order valence-corrected chi connectivity index (χ4v) is 3.09. The molecule has 5 nitrogen and oxygen atoms in total. The van der Waals surface area contributed by atoms with E-state index in [1.165, 1.54) is 30.5 Å². The summed E-state index contributed by atoms with van der Waals surface area (Å²) in [5, 5.41) is 0. The summed E-state index contributed by atoms with van der Waals surface area (Å²) in [6.07, 6.45) is 5.64. The summed E-state index contributed by atoms with van der Waals surface area (Å²) < 4.78 is 26.1. The summed E-state index contributed by atoms with van der Waals surface area (Å²) in [6, 6.07) is 5.06. The van der Waals surface area contributed by atoms with Crippen LogP contribution in [0.5, 0.6) is 0 Å². The van der Waals surface area contributed by atoms with Gasteiger partial charge in [0.2, 0.25) is 0 Å². The van der Waals surface area contributed by atoms with Crippen molar-refractivity contribution >= 4 is 31.9 Å². The number of rotatable bonds is 2. The van der Waals surface area contributed by atoms with Crippen molar-refractivity contribution in [3.05, 3.63) is 53.2 Å². The Balaban J connectivity index is 2.44. The maximum Gasteiger partial charge on any atom is 0.270 e. The third-order valence-corrected chi connectivity index (χ3v) is 4.74. The molecular weight excluding hydrogens is 332 g/mol. The molecule has 0 spiro atoms. The van der Waals surface area contributed by atoms with Gasteiger partial charge in [-0.15, -0.1) is 0 Å². The number of benzene rings is 1. The number of nitrogens with zero attached hydrogens (tertiary/aromatic N) is 1. The molecule has 1 heterocycles. The lowest BCUT2D eigenvalue weighted by molar-refractivity contribution is -0.125. The summed E-state index contributed by atoms with van der Waals surface area (Å²) in [5.41, 5.74) is 5.58. The molecule has 0 fully saturated rings. The zero-order valence-corrected chi connectivity index (χ0v) is 12.1. The van der Waals surface area contributed by atoms with E-state index in [-0.39, 0.29) is 4.90 Å². The van der Waals surface area contributed by atoms with Crippen LogP contribution < -0.4 is 5.73 Å². The molecule has 100 valence electrons. The maximum atomic E-state index is 12.4. The highest BCUT2D eigenvalue weighted by molar-refractivity contribution is 9.10. The van der Waals surface area contributed by atoms with Crippen LogP contribution in [-0.4, -0.2) is 24.7 Å². The Bertz CT molecular complexity index is 650. The van der Waals surface area contributed by atoms with Crippen molar-refractivity contribution < 1.29 is 13.2 Å². The normalized spacial score (nSPS) is 19.6. The van der Waals surface area contributed by atoms with Crippen LogP contribution in [0.1, 0.15) is 0 Å². The zero-order valence-electron chi connectivity index (χ0n) is 9.73. The highest BCUT2D eigenvalue weighted by atomic mass is 79.9. The minimum atomic E-state index is -3.93. The molecular formula is C12H11BrN2O3S. The standard InChI is InChI=1S/C12H11BrN2O3S/c13-9-4-6-10(7-5-9)19(17,18)15-8-2-1-3-11(14)12(15)16/h1-8,11H,14H2/t11-/m1/s1. The van der Waals surface area contributed by atoms with Crippen LogP contribution in [0.2, 0.25) is 0 Å². The number of hydrogen-bond acceptors (Lipinski definition) is 4. The summed E-state index contributed by atoms with van der Waals surface area (Å²) in [4.78, 5) is 12.0. The lowest BCUT2D eigenvalue weighted by atomic mass is 10.3. The van der Waals surface area contributed by atoms with Crippen LogP contribution in [0.4, 0.5) is 0 Å². The topological polar surface area (TPSA) is 80.5 Å². The van der Waals surface area contributed by atoms with Gasteiger partial charge in [0.1, 0.15) is 6.04 Å². The summed E-state index contributed by atoms with van der Waals surface area (Å²) in [6.45, 7) is 0. The van der Waals surface area contributed by atoms with Crippen LogP contribution in [0.25, 0.3) is 0 Å². The van der Waals surface area contributed by atoms with Gasteiger partial charge in [0.15, 0.2) is 0 Å². The molecule has 7 heteroatoms. The van der Waals surface area contributed by atoms with Crippen LogP contribution in [-0.2, 0) is 14.8 Å². The number of carbonyl (C=O) groups excluding carboxylic acids is 1. The fourth-order valence-electron chi connectivity index (χ4n) is 1.53. The monoisotopic (exact) mass is 342 g/mol. The first-order chi connectivity index (χ1) is 8.93. The lowest BCUT2D eigenvalue weighted by Gasteiger charge is -2.19. The Morgan fingerprint density at radius 1 is 1.16 bits per heavy atom. The van der Waals surface area contributed by atoms with Crippen molar-refractivity contribution in [1.82, 2.24) is 4.31 Å². The third kappa shape index (κ3) is 2.78. The van der Waals surface area contributed by atoms with Crippen LogP contribution in [0.3, 0.4) is 0 Å². The van der Waals surface area contributed by atoms with Gasteiger partial charge in [-0.2, -0.15) is 0 Å². The van der Waals surface area contributed by atoms with E-state index in [1.54, 1.807) is 18.2 Å². The number of allylic oxidation sites excluding steroid dienone is 2. The molecule has 1 aromatic rings. The van der Waals surface area contributed by atoms with E-state index in [1.807, 2.05) is 0 Å². The number of hydrogen-bond donors (Lipinski definition) is 1. The second kappa shape index (κ2) is 5.28. The summed E-state index contributed by atoms with van der Waals surface area (Å²) >= 11 is 3.22. The van der Waals surface area contributed by atoms with Gasteiger partial charge in [-0.3, -0.25) is 4.79 Å². The number of halogens is 1. The first-order valence-electron chi connectivity index (χ1n) is 5.37. The van der Waals surface area contributed by atoms with E-state index in [4.69, 9.17) is 5.73 Å². The molecule has 2 N–H and O–H groups in total. The van der Waals surface area contributed by atoms with Crippen molar-refractivity contribution in [3.63, 3.8) is 0 Å². The van der Waals surface area contributed by atoms with E-state index in [0.29, 0.717) is 4.31 Å². The highest BCUT2D eigenvalue weighted by Crippen LogP contribution is 2.20. The Hall–Kier alpha value is -1.44. The van der Waals surface area contributed by atoms with Crippen LogP contribution in [0.15, 0.2) is 58.1 Å². The van der Waals surface area contributed by atoms with Crippen molar-refractivity contribution in [2.45, 2.75) is 10.9 Å². The number of sulfonamides is 1. The average molecular weight is 343 g/mol. The Kier molecular flexibility index (Phi) is 3.88. The van der Waals surface area contributed by atoms with E-state index >= 15 is 0 Å². The van der Waals surface area contributed by atoms with Gasteiger partial charge >= 0.3 is 0 Å². The summed E-state index contributed by atoms with van der Waals surface area (Å²) in [7, 11) is -3.93. The maximum absolute atomic E-state index is 12.4. The lowest BCUT2D eigenvalue weighted by Crippen LogP contribution is -2.42. The van der Waals surface area contributed by atoms with Gasteiger partial charge in [0.25, 0.3) is 15.9 Å². The zero-order chi connectivity index (χ0) is 14.0. The molecule has 0 saturated carbocycles. The largest absolute Gasteiger partial charge is 0.317 e. The van der Waals surface area contributed by atoms with E-state index < -0.39 is 22.0 Å². The minimum Gasteiger partial charge on any atom is -0.317 e. The number of nitrogens with two attached hydrogens (primary N) is 1. The van der Waals surface area contributed by atoms with E-state index in [9.17, 15) is 13.2 Å². The average Bonchev–Trinajstić information content (AvgIpc) is 2.53. The van der Waals surface area contributed by atoms with Crippen LogP contribution >= 0.6 is 15.9 Å². The molecule has 0 aromatic heterocycles. The highest BCUT2D eigenvalue weighted by Gasteiger charge is 2.30. The van der Waals surface area contributed by atoms with Crippen LogP contribution in [0, 0.1) is 0 Å². The molecule has 1 amide bonds. The minimum absolute atomic E-state index is 0.0304. The van der Waals surface area contributed by atoms with Crippen molar-refractivity contribution in [3.8, 4) is 0 Å². The predicted octanol–water partition coefficient (Wildman–Crippen LogP) is 1.38. The van der Waals surface area contributed by atoms with Gasteiger partial charge in [0.05, 0.1) is 4.90 Å². The number of amides is 1.